The molecule has 0 amide bonds. The fraction of sp³-hybridized carbons (Fsp3) is 0.458. The van der Waals surface area contributed by atoms with Crippen LogP contribution < -0.4 is 4.90 Å². The van der Waals surface area contributed by atoms with Gasteiger partial charge in [-0.3, -0.25) is 9.36 Å². The Labute approximate surface area is 173 Å². The number of unbranched alkanes of at least 4 members (excludes halogenated alkanes) is 1. The van der Waals surface area contributed by atoms with Crippen LogP contribution in [0.4, 0.5) is 5.82 Å². The van der Waals surface area contributed by atoms with Crippen molar-refractivity contribution in [3.63, 3.8) is 0 Å². The standard InChI is InChI=1S/C24H32N4O/c1-8-10-11-27(9-2)23-21-18(6)20(14-29)28(24(21)26-19(7)25-23)22-16(4)12-15(3)13-17(22)5/h12-14H,8-11H2,1-7H3. The third-order valence-corrected chi connectivity index (χ3v) is 5.63. The van der Waals surface area contributed by atoms with Crippen molar-refractivity contribution in [2.24, 2.45) is 0 Å². The van der Waals surface area contributed by atoms with E-state index < -0.39 is 0 Å². The summed E-state index contributed by atoms with van der Waals surface area (Å²) in [6.45, 7) is 16.4. The fourth-order valence-electron chi connectivity index (χ4n) is 4.33. The number of fused-ring (bicyclic) bond motifs is 1. The molecule has 3 aromatic rings. The number of anilines is 1. The van der Waals surface area contributed by atoms with Crippen molar-refractivity contribution in [3.05, 3.63) is 45.9 Å². The molecule has 0 spiro atoms. The van der Waals surface area contributed by atoms with E-state index in [1.165, 1.54) is 5.56 Å². The number of carbonyl (C=O) groups excluding carboxylic acids is 1. The van der Waals surface area contributed by atoms with E-state index in [0.29, 0.717) is 5.69 Å². The molecule has 5 heteroatoms. The van der Waals surface area contributed by atoms with Crippen LogP contribution in [0.15, 0.2) is 12.1 Å². The Morgan fingerprint density at radius 1 is 1.03 bits per heavy atom. The van der Waals surface area contributed by atoms with Crippen LogP contribution in [0.5, 0.6) is 0 Å². The van der Waals surface area contributed by atoms with Gasteiger partial charge in [0.2, 0.25) is 0 Å². The molecule has 0 aliphatic carbocycles. The van der Waals surface area contributed by atoms with Crippen LogP contribution in [0, 0.1) is 34.6 Å². The van der Waals surface area contributed by atoms with Gasteiger partial charge in [-0.2, -0.15) is 0 Å². The van der Waals surface area contributed by atoms with Gasteiger partial charge in [-0.15, -0.1) is 0 Å². The number of aryl methyl sites for hydroxylation is 5. The Hall–Kier alpha value is -2.69. The fourth-order valence-corrected chi connectivity index (χ4v) is 4.33. The van der Waals surface area contributed by atoms with Crippen molar-refractivity contribution in [2.45, 2.75) is 61.3 Å². The normalized spacial score (nSPS) is 11.3. The second kappa shape index (κ2) is 8.36. The lowest BCUT2D eigenvalue weighted by atomic mass is 10.0. The number of nitrogens with zero attached hydrogens (tertiary/aromatic N) is 4. The molecule has 0 saturated heterocycles. The lowest BCUT2D eigenvalue weighted by Gasteiger charge is -2.23. The first-order valence-corrected chi connectivity index (χ1v) is 10.5. The maximum absolute atomic E-state index is 12.2. The second-order valence-electron chi connectivity index (χ2n) is 7.94. The monoisotopic (exact) mass is 392 g/mol. The molecule has 2 aromatic heterocycles. The van der Waals surface area contributed by atoms with E-state index >= 15 is 0 Å². The summed E-state index contributed by atoms with van der Waals surface area (Å²) < 4.78 is 2.04. The highest BCUT2D eigenvalue weighted by Gasteiger charge is 2.24. The molecule has 0 aliphatic rings. The minimum Gasteiger partial charge on any atom is -0.356 e. The molecule has 0 atom stereocenters. The van der Waals surface area contributed by atoms with Crippen molar-refractivity contribution in [1.29, 1.82) is 0 Å². The van der Waals surface area contributed by atoms with Crippen molar-refractivity contribution in [2.75, 3.05) is 18.0 Å². The van der Waals surface area contributed by atoms with Crippen LogP contribution in [0.25, 0.3) is 16.7 Å². The summed E-state index contributed by atoms with van der Waals surface area (Å²) in [6.07, 6.45) is 3.19. The molecule has 0 N–H and O–H groups in total. The summed E-state index contributed by atoms with van der Waals surface area (Å²) in [7, 11) is 0. The number of rotatable bonds is 7. The van der Waals surface area contributed by atoms with Gasteiger partial charge in [-0.1, -0.05) is 31.0 Å². The van der Waals surface area contributed by atoms with Gasteiger partial charge in [0.25, 0.3) is 0 Å². The molecule has 0 fully saturated rings. The van der Waals surface area contributed by atoms with Crippen LogP contribution >= 0.6 is 0 Å². The zero-order valence-corrected chi connectivity index (χ0v) is 18.8. The highest BCUT2D eigenvalue weighted by atomic mass is 16.1. The largest absolute Gasteiger partial charge is 0.356 e. The molecule has 0 saturated carbocycles. The van der Waals surface area contributed by atoms with Crippen LogP contribution in [-0.2, 0) is 0 Å². The summed E-state index contributed by atoms with van der Waals surface area (Å²) in [6, 6.07) is 4.32. The number of carbonyl (C=O) groups is 1. The third kappa shape index (κ3) is 3.66. The van der Waals surface area contributed by atoms with E-state index in [-0.39, 0.29) is 0 Å². The van der Waals surface area contributed by atoms with Gasteiger partial charge in [0.05, 0.1) is 16.8 Å². The van der Waals surface area contributed by atoms with Crippen LogP contribution in [-0.4, -0.2) is 33.9 Å². The summed E-state index contributed by atoms with van der Waals surface area (Å²) >= 11 is 0. The Bertz CT molecular complexity index is 1040. The predicted molar refractivity (Wildman–Crippen MR) is 121 cm³/mol. The molecule has 154 valence electrons. The smallest absolute Gasteiger partial charge is 0.167 e. The topological polar surface area (TPSA) is 51.0 Å². The lowest BCUT2D eigenvalue weighted by molar-refractivity contribution is 0.111. The zero-order valence-electron chi connectivity index (χ0n) is 18.8. The van der Waals surface area contributed by atoms with Gasteiger partial charge in [-0.05, 0) is 64.7 Å². The molecule has 29 heavy (non-hydrogen) atoms. The first kappa shape index (κ1) is 21.0. The highest BCUT2D eigenvalue weighted by Crippen LogP contribution is 2.35. The van der Waals surface area contributed by atoms with Gasteiger partial charge >= 0.3 is 0 Å². The number of aldehydes is 1. The molecule has 2 heterocycles. The molecule has 0 aliphatic heterocycles. The van der Waals surface area contributed by atoms with E-state index in [9.17, 15) is 4.79 Å². The second-order valence-corrected chi connectivity index (χ2v) is 7.94. The number of benzene rings is 1. The van der Waals surface area contributed by atoms with Crippen LogP contribution in [0.3, 0.4) is 0 Å². The Morgan fingerprint density at radius 3 is 2.24 bits per heavy atom. The SMILES string of the molecule is CCCCN(CC)c1nc(C)nc2c1c(C)c(C=O)n2-c1c(C)cc(C)cc1C. The van der Waals surface area contributed by atoms with Gasteiger partial charge in [0.15, 0.2) is 11.9 Å². The van der Waals surface area contributed by atoms with E-state index in [2.05, 4.69) is 51.7 Å². The maximum Gasteiger partial charge on any atom is 0.167 e. The molecular weight excluding hydrogens is 360 g/mol. The average Bonchev–Trinajstić information content (AvgIpc) is 2.93. The van der Waals surface area contributed by atoms with Gasteiger partial charge in [-0.25, -0.2) is 9.97 Å². The first-order chi connectivity index (χ1) is 13.8. The van der Waals surface area contributed by atoms with Gasteiger partial charge < -0.3 is 4.90 Å². The Morgan fingerprint density at radius 2 is 1.69 bits per heavy atom. The number of aromatic nitrogens is 3. The van der Waals surface area contributed by atoms with Crippen LogP contribution in [0.1, 0.15) is 65.3 Å². The predicted octanol–water partition coefficient (Wildman–Crippen LogP) is 5.40. The minimum absolute atomic E-state index is 0.655. The lowest BCUT2D eigenvalue weighted by Crippen LogP contribution is -2.25. The summed E-state index contributed by atoms with van der Waals surface area (Å²) in [5.41, 5.74) is 6.95. The average molecular weight is 393 g/mol. The van der Waals surface area contributed by atoms with Gasteiger partial charge in [0.1, 0.15) is 11.6 Å². The van der Waals surface area contributed by atoms with E-state index in [0.717, 1.165) is 77.3 Å². The molecule has 5 nitrogen and oxygen atoms in total. The number of hydrogen-bond donors (Lipinski definition) is 0. The van der Waals surface area contributed by atoms with Gasteiger partial charge in [0, 0.05) is 13.1 Å². The Kier molecular flexibility index (Phi) is 6.06. The van der Waals surface area contributed by atoms with E-state index in [4.69, 9.17) is 9.97 Å². The molecule has 0 bridgehead atoms. The number of hydrogen-bond acceptors (Lipinski definition) is 4. The third-order valence-electron chi connectivity index (χ3n) is 5.63. The van der Waals surface area contributed by atoms with Crippen molar-refractivity contribution < 1.29 is 4.79 Å². The summed E-state index contributed by atoms with van der Waals surface area (Å²) in [4.78, 5) is 24.1. The summed E-state index contributed by atoms with van der Waals surface area (Å²) in [5, 5.41) is 0.982. The molecule has 0 unspecified atom stereocenters. The van der Waals surface area contributed by atoms with Crippen LogP contribution in [0.2, 0.25) is 0 Å². The molecule has 3 rings (SSSR count). The van der Waals surface area contributed by atoms with Crippen molar-refractivity contribution in [1.82, 2.24) is 14.5 Å². The van der Waals surface area contributed by atoms with E-state index in [1.54, 1.807) is 0 Å². The minimum atomic E-state index is 0.655. The maximum atomic E-state index is 12.2. The van der Waals surface area contributed by atoms with Crippen molar-refractivity contribution >= 4 is 23.1 Å². The highest BCUT2D eigenvalue weighted by molar-refractivity contribution is 5.99. The zero-order chi connectivity index (χ0) is 21.3. The Balaban J connectivity index is 2.41. The molecule has 0 radical (unpaired) electrons. The first-order valence-electron chi connectivity index (χ1n) is 10.5. The molecule has 1 aromatic carbocycles. The van der Waals surface area contributed by atoms with E-state index in [1.807, 2.05) is 18.4 Å². The summed E-state index contributed by atoms with van der Waals surface area (Å²) in [5.74, 6) is 1.66. The molecular formula is C24H32N4O. The quantitative estimate of drug-likeness (QED) is 0.505. The van der Waals surface area contributed by atoms with Crippen molar-refractivity contribution in [3.8, 4) is 5.69 Å².